The zero-order valence-corrected chi connectivity index (χ0v) is 11.5. The zero-order valence-electron chi connectivity index (χ0n) is 11.5. The fourth-order valence-corrected chi connectivity index (χ4v) is 2.43. The molecular formula is C17H20N2O. The Hall–Kier alpha value is -2.00. The van der Waals surface area contributed by atoms with E-state index in [9.17, 15) is 0 Å². The highest BCUT2D eigenvalue weighted by Crippen LogP contribution is 2.25. The third-order valence-corrected chi connectivity index (χ3v) is 3.63. The molecule has 3 rings (SSSR count). The summed E-state index contributed by atoms with van der Waals surface area (Å²) in [5.74, 6) is 0.891. The van der Waals surface area contributed by atoms with Crippen molar-refractivity contribution in [3.63, 3.8) is 0 Å². The Morgan fingerprint density at radius 1 is 1.05 bits per heavy atom. The van der Waals surface area contributed by atoms with Crippen molar-refractivity contribution in [3.8, 4) is 5.75 Å². The van der Waals surface area contributed by atoms with Gasteiger partial charge in [0.2, 0.25) is 0 Å². The molecule has 2 aromatic rings. The first kappa shape index (κ1) is 13.0. The quantitative estimate of drug-likeness (QED) is 0.875. The molecule has 2 aromatic carbocycles. The molecule has 0 aliphatic heterocycles. The lowest BCUT2D eigenvalue weighted by Crippen LogP contribution is -2.44. The predicted octanol–water partition coefficient (Wildman–Crippen LogP) is 3.17. The summed E-state index contributed by atoms with van der Waals surface area (Å²) >= 11 is 0. The van der Waals surface area contributed by atoms with Crippen molar-refractivity contribution in [3.05, 3.63) is 60.2 Å². The van der Waals surface area contributed by atoms with E-state index in [2.05, 4.69) is 23.5 Å². The predicted molar refractivity (Wildman–Crippen MR) is 81.8 cm³/mol. The minimum atomic E-state index is 0.366. The summed E-state index contributed by atoms with van der Waals surface area (Å²) < 4.78 is 5.82. The van der Waals surface area contributed by atoms with Gasteiger partial charge in [-0.15, -0.1) is 0 Å². The summed E-state index contributed by atoms with van der Waals surface area (Å²) in [6.45, 7) is 0.596. The molecule has 0 atom stereocenters. The Balaban J connectivity index is 1.57. The van der Waals surface area contributed by atoms with E-state index in [1.54, 1.807) is 0 Å². The summed E-state index contributed by atoms with van der Waals surface area (Å²) in [6, 6.07) is 19.2. The molecule has 1 saturated carbocycles. The maximum absolute atomic E-state index is 5.82. The SMILES string of the molecule is NC1CC(Nc2cccc(OCc3ccccc3)c2)C1. The summed E-state index contributed by atoms with van der Waals surface area (Å²) in [5, 5.41) is 3.49. The summed E-state index contributed by atoms with van der Waals surface area (Å²) in [5.41, 5.74) is 8.08. The Morgan fingerprint density at radius 2 is 1.85 bits per heavy atom. The lowest BCUT2D eigenvalue weighted by Gasteiger charge is -2.33. The average molecular weight is 268 g/mol. The normalized spacial score (nSPS) is 21.1. The van der Waals surface area contributed by atoms with E-state index in [0.29, 0.717) is 18.7 Å². The first-order chi connectivity index (χ1) is 9.79. The number of nitrogens with one attached hydrogen (secondary N) is 1. The number of hydrogen-bond donors (Lipinski definition) is 2. The van der Waals surface area contributed by atoms with E-state index >= 15 is 0 Å². The zero-order chi connectivity index (χ0) is 13.8. The van der Waals surface area contributed by atoms with Gasteiger partial charge in [0.05, 0.1) is 0 Å². The molecule has 3 nitrogen and oxygen atoms in total. The third-order valence-electron chi connectivity index (χ3n) is 3.63. The van der Waals surface area contributed by atoms with Gasteiger partial charge in [0, 0.05) is 23.8 Å². The number of ether oxygens (including phenoxy) is 1. The molecule has 1 fully saturated rings. The van der Waals surface area contributed by atoms with E-state index in [-0.39, 0.29) is 0 Å². The van der Waals surface area contributed by atoms with E-state index in [1.165, 1.54) is 5.56 Å². The highest BCUT2D eigenvalue weighted by Gasteiger charge is 2.25. The smallest absolute Gasteiger partial charge is 0.121 e. The third kappa shape index (κ3) is 3.31. The maximum Gasteiger partial charge on any atom is 0.121 e. The first-order valence-corrected chi connectivity index (χ1v) is 7.08. The van der Waals surface area contributed by atoms with E-state index in [1.807, 2.05) is 36.4 Å². The molecule has 1 aliphatic rings. The van der Waals surface area contributed by atoms with Crippen LogP contribution in [0.4, 0.5) is 5.69 Å². The molecule has 3 heteroatoms. The molecule has 104 valence electrons. The number of rotatable bonds is 5. The topological polar surface area (TPSA) is 47.3 Å². The molecule has 0 radical (unpaired) electrons. The van der Waals surface area contributed by atoms with Crippen LogP contribution in [0.25, 0.3) is 0 Å². The number of benzene rings is 2. The highest BCUT2D eigenvalue weighted by molar-refractivity contribution is 5.49. The van der Waals surface area contributed by atoms with Crippen molar-refractivity contribution in [2.45, 2.75) is 31.5 Å². The monoisotopic (exact) mass is 268 g/mol. The number of hydrogen-bond acceptors (Lipinski definition) is 3. The van der Waals surface area contributed by atoms with Crippen molar-refractivity contribution in [2.24, 2.45) is 5.73 Å². The maximum atomic E-state index is 5.82. The summed E-state index contributed by atoms with van der Waals surface area (Å²) in [4.78, 5) is 0. The van der Waals surface area contributed by atoms with Gasteiger partial charge in [-0.3, -0.25) is 0 Å². The second-order valence-corrected chi connectivity index (χ2v) is 5.37. The molecule has 0 aromatic heterocycles. The molecule has 0 spiro atoms. The summed E-state index contributed by atoms with van der Waals surface area (Å²) in [7, 11) is 0. The molecule has 0 saturated heterocycles. The van der Waals surface area contributed by atoms with Gasteiger partial charge in [-0.2, -0.15) is 0 Å². The summed E-state index contributed by atoms with van der Waals surface area (Å²) in [6.07, 6.45) is 2.10. The Kier molecular flexibility index (Phi) is 3.88. The van der Waals surface area contributed by atoms with Gasteiger partial charge >= 0.3 is 0 Å². The van der Waals surface area contributed by atoms with Gasteiger partial charge in [0.25, 0.3) is 0 Å². The van der Waals surface area contributed by atoms with Gasteiger partial charge in [0.1, 0.15) is 12.4 Å². The van der Waals surface area contributed by atoms with Crippen molar-refractivity contribution < 1.29 is 4.74 Å². The van der Waals surface area contributed by atoms with Crippen LogP contribution in [-0.4, -0.2) is 12.1 Å². The van der Waals surface area contributed by atoms with Crippen LogP contribution in [0.2, 0.25) is 0 Å². The fraction of sp³-hybridized carbons (Fsp3) is 0.294. The molecular weight excluding hydrogens is 248 g/mol. The second-order valence-electron chi connectivity index (χ2n) is 5.37. The molecule has 0 amide bonds. The molecule has 1 aliphatic carbocycles. The molecule has 3 N–H and O–H groups in total. The van der Waals surface area contributed by atoms with Crippen molar-refractivity contribution in [1.29, 1.82) is 0 Å². The van der Waals surface area contributed by atoms with Crippen LogP contribution in [-0.2, 0) is 6.61 Å². The lowest BCUT2D eigenvalue weighted by molar-refractivity contribution is 0.306. The second kappa shape index (κ2) is 5.97. The molecule has 0 bridgehead atoms. The van der Waals surface area contributed by atoms with Crippen LogP contribution in [0.3, 0.4) is 0 Å². The minimum Gasteiger partial charge on any atom is -0.489 e. The highest BCUT2D eigenvalue weighted by atomic mass is 16.5. The average Bonchev–Trinajstić information content (AvgIpc) is 2.45. The Bertz CT molecular complexity index is 550. The van der Waals surface area contributed by atoms with Gasteiger partial charge in [-0.05, 0) is 30.5 Å². The van der Waals surface area contributed by atoms with Crippen LogP contribution >= 0.6 is 0 Å². The van der Waals surface area contributed by atoms with Crippen LogP contribution in [0.1, 0.15) is 18.4 Å². The first-order valence-electron chi connectivity index (χ1n) is 7.08. The van der Waals surface area contributed by atoms with E-state index < -0.39 is 0 Å². The molecule has 20 heavy (non-hydrogen) atoms. The number of nitrogens with two attached hydrogens (primary N) is 1. The molecule has 0 heterocycles. The largest absolute Gasteiger partial charge is 0.489 e. The van der Waals surface area contributed by atoms with Gasteiger partial charge < -0.3 is 15.8 Å². The van der Waals surface area contributed by atoms with Crippen molar-refractivity contribution >= 4 is 5.69 Å². The Labute approximate surface area is 119 Å². The van der Waals surface area contributed by atoms with Crippen LogP contribution in [0.5, 0.6) is 5.75 Å². The Morgan fingerprint density at radius 3 is 2.60 bits per heavy atom. The molecule has 0 unspecified atom stereocenters. The van der Waals surface area contributed by atoms with E-state index in [4.69, 9.17) is 10.5 Å². The minimum absolute atomic E-state index is 0.366. The standard InChI is InChI=1S/C17H20N2O/c18-14-9-16(10-14)19-15-7-4-8-17(11-15)20-12-13-5-2-1-3-6-13/h1-8,11,14,16,19H,9-10,12,18H2. The van der Waals surface area contributed by atoms with Gasteiger partial charge in [0.15, 0.2) is 0 Å². The van der Waals surface area contributed by atoms with Crippen molar-refractivity contribution in [2.75, 3.05) is 5.32 Å². The van der Waals surface area contributed by atoms with E-state index in [0.717, 1.165) is 24.3 Å². The van der Waals surface area contributed by atoms with Crippen LogP contribution in [0.15, 0.2) is 54.6 Å². The van der Waals surface area contributed by atoms with Crippen LogP contribution < -0.4 is 15.8 Å². The lowest BCUT2D eigenvalue weighted by atomic mass is 9.87. The van der Waals surface area contributed by atoms with Gasteiger partial charge in [-0.25, -0.2) is 0 Å². The van der Waals surface area contributed by atoms with Crippen LogP contribution in [0, 0.1) is 0 Å². The van der Waals surface area contributed by atoms with Crippen molar-refractivity contribution in [1.82, 2.24) is 0 Å². The fourth-order valence-electron chi connectivity index (χ4n) is 2.43. The number of anilines is 1. The van der Waals surface area contributed by atoms with Gasteiger partial charge in [-0.1, -0.05) is 36.4 Å².